The molecule has 0 atom stereocenters. The third kappa shape index (κ3) is 4.73. The minimum atomic E-state index is -0.368. The molecule has 0 saturated heterocycles. The summed E-state index contributed by atoms with van der Waals surface area (Å²) in [7, 11) is 0. The lowest BCUT2D eigenvalue weighted by atomic mass is 10.1. The van der Waals surface area contributed by atoms with Crippen LogP contribution in [-0.4, -0.2) is 18.7 Å². The number of hydrogen-bond acceptors (Lipinski definition) is 3. The quantitative estimate of drug-likeness (QED) is 0.629. The molecule has 0 aliphatic carbocycles. The first-order chi connectivity index (χ1) is 11.4. The lowest BCUT2D eigenvalue weighted by Gasteiger charge is -2.11. The molecule has 0 aliphatic heterocycles. The Labute approximate surface area is 151 Å². The van der Waals surface area contributed by atoms with Crippen LogP contribution in [0.15, 0.2) is 35.4 Å². The number of halogens is 2. The fourth-order valence-electron chi connectivity index (χ4n) is 2.13. The molecule has 2 rings (SSSR count). The molecule has 126 valence electrons. The molecule has 0 aliphatic rings. The van der Waals surface area contributed by atoms with Gasteiger partial charge in [0.1, 0.15) is 5.75 Å². The first kappa shape index (κ1) is 18.3. The van der Waals surface area contributed by atoms with Crippen molar-refractivity contribution in [2.45, 2.75) is 20.8 Å². The second kappa shape index (κ2) is 8.18. The summed E-state index contributed by atoms with van der Waals surface area (Å²) in [4.78, 5) is 11.8. The zero-order valence-electron chi connectivity index (χ0n) is 13.7. The number of ether oxygens (including phenoxy) is 1. The molecule has 6 heteroatoms. The van der Waals surface area contributed by atoms with Crippen LogP contribution in [-0.2, 0) is 4.79 Å². The zero-order valence-corrected chi connectivity index (χ0v) is 15.2. The summed E-state index contributed by atoms with van der Waals surface area (Å²) < 4.78 is 5.57. The van der Waals surface area contributed by atoms with Crippen LogP contribution in [0.2, 0.25) is 10.0 Å². The predicted octanol–water partition coefficient (Wildman–Crippen LogP) is 4.45. The number of nitrogens with one attached hydrogen (secondary N) is 1. The summed E-state index contributed by atoms with van der Waals surface area (Å²) in [6.45, 7) is 5.82. The maximum absolute atomic E-state index is 11.8. The van der Waals surface area contributed by atoms with E-state index in [0.29, 0.717) is 21.4 Å². The van der Waals surface area contributed by atoms with Crippen molar-refractivity contribution < 1.29 is 9.53 Å². The van der Waals surface area contributed by atoms with Gasteiger partial charge in [-0.2, -0.15) is 5.10 Å². The van der Waals surface area contributed by atoms with Crippen LogP contribution in [0.5, 0.6) is 5.75 Å². The van der Waals surface area contributed by atoms with E-state index in [1.165, 1.54) is 6.21 Å². The Balaban J connectivity index is 1.94. The molecule has 0 spiro atoms. The Morgan fingerprint density at radius 3 is 2.54 bits per heavy atom. The van der Waals surface area contributed by atoms with E-state index in [1.54, 1.807) is 18.2 Å². The lowest BCUT2D eigenvalue weighted by Crippen LogP contribution is -2.24. The smallest absolute Gasteiger partial charge is 0.277 e. The molecule has 24 heavy (non-hydrogen) atoms. The molecule has 0 heterocycles. The zero-order chi connectivity index (χ0) is 17.7. The molecule has 1 amide bonds. The molecule has 0 bridgehead atoms. The number of benzene rings is 2. The van der Waals surface area contributed by atoms with E-state index >= 15 is 0 Å². The Bertz CT molecular complexity index is 769. The minimum absolute atomic E-state index is 0.128. The number of rotatable bonds is 5. The average molecular weight is 365 g/mol. The van der Waals surface area contributed by atoms with E-state index in [1.807, 2.05) is 26.8 Å². The van der Waals surface area contributed by atoms with Gasteiger partial charge in [-0.05, 0) is 55.7 Å². The average Bonchev–Trinajstić information content (AvgIpc) is 2.52. The summed E-state index contributed by atoms with van der Waals surface area (Å²) >= 11 is 12.0. The number of carbonyl (C=O) groups is 1. The molecule has 0 saturated carbocycles. The van der Waals surface area contributed by atoms with Gasteiger partial charge < -0.3 is 4.74 Å². The standard InChI is InChI=1S/C18H18Cl2N2O2/c1-11-7-12(2)13(3)17(8-11)24-10-18(23)22-21-9-14-15(19)5-4-6-16(14)20/h4-9H,10H2,1-3H3,(H,22,23)/b21-9+. The van der Waals surface area contributed by atoms with Gasteiger partial charge in [0.15, 0.2) is 6.61 Å². The van der Waals surface area contributed by atoms with E-state index in [0.717, 1.165) is 16.7 Å². The number of carbonyl (C=O) groups excluding carboxylic acids is 1. The summed E-state index contributed by atoms with van der Waals surface area (Å²) in [5.74, 6) is 0.328. The second-order valence-corrected chi connectivity index (χ2v) is 6.24. The molecular weight excluding hydrogens is 347 g/mol. The van der Waals surface area contributed by atoms with Gasteiger partial charge >= 0.3 is 0 Å². The van der Waals surface area contributed by atoms with Gasteiger partial charge in [-0.3, -0.25) is 4.79 Å². The largest absolute Gasteiger partial charge is 0.483 e. The van der Waals surface area contributed by atoms with Crippen molar-refractivity contribution in [2.75, 3.05) is 6.61 Å². The van der Waals surface area contributed by atoms with Crippen LogP contribution < -0.4 is 10.2 Å². The van der Waals surface area contributed by atoms with Gasteiger partial charge in [0.05, 0.1) is 16.3 Å². The van der Waals surface area contributed by atoms with E-state index in [2.05, 4.69) is 16.6 Å². The normalized spacial score (nSPS) is 10.9. The lowest BCUT2D eigenvalue weighted by molar-refractivity contribution is -0.123. The van der Waals surface area contributed by atoms with Crippen LogP contribution in [0.3, 0.4) is 0 Å². The Hall–Kier alpha value is -2.04. The van der Waals surface area contributed by atoms with Crippen molar-refractivity contribution in [2.24, 2.45) is 5.10 Å². The van der Waals surface area contributed by atoms with Gasteiger partial charge in [-0.1, -0.05) is 35.3 Å². The summed E-state index contributed by atoms with van der Waals surface area (Å²) in [5.41, 5.74) is 6.16. The van der Waals surface area contributed by atoms with Gasteiger partial charge in [-0.25, -0.2) is 5.43 Å². The minimum Gasteiger partial charge on any atom is -0.483 e. The van der Waals surface area contributed by atoms with Gasteiger partial charge in [0.2, 0.25) is 0 Å². The van der Waals surface area contributed by atoms with Crippen molar-refractivity contribution in [3.05, 3.63) is 62.6 Å². The Morgan fingerprint density at radius 1 is 1.21 bits per heavy atom. The van der Waals surface area contributed by atoms with Gasteiger partial charge in [0.25, 0.3) is 5.91 Å². The first-order valence-electron chi connectivity index (χ1n) is 7.35. The molecule has 2 aromatic carbocycles. The van der Waals surface area contributed by atoms with Crippen LogP contribution >= 0.6 is 23.2 Å². The number of hydrazone groups is 1. The van der Waals surface area contributed by atoms with Crippen molar-refractivity contribution in [3.63, 3.8) is 0 Å². The fourth-order valence-corrected chi connectivity index (χ4v) is 2.62. The molecule has 0 unspecified atom stereocenters. The maximum atomic E-state index is 11.8. The van der Waals surface area contributed by atoms with Crippen molar-refractivity contribution in [1.82, 2.24) is 5.43 Å². The van der Waals surface area contributed by atoms with Crippen molar-refractivity contribution in [3.8, 4) is 5.75 Å². The monoisotopic (exact) mass is 364 g/mol. The van der Waals surface area contributed by atoms with Crippen LogP contribution in [0.4, 0.5) is 0 Å². The van der Waals surface area contributed by atoms with E-state index < -0.39 is 0 Å². The fraction of sp³-hybridized carbons (Fsp3) is 0.222. The Morgan fingerprint density at radius 2 is 1.88 bits per heavy atom. The van der Waals surface area contributed by atoms with Crippen LogP contribution in [0.1, 0.15) is 22.3 Å². The predicted molar refractivity (Wildman–Crippen MR) is 98.3 cm³/mol. The van der Waals surface area contributed by atoms with Crippen LogP contribution in [0.25, 0.3) is 0 Å². The highest BCUT2D eigenvalue weighted by atomic mass is 35.5. The molecule has 1 N–H and O–H groups in total. The highest BCUT2D eigenvalue weighted by Crippen LogP contribution is 2.23. The third-order valence-electron chi connectivity index (χ3n) is 3.51. The SMILES string of the molecule is Cc1cc(C)c(C)c(OCC(=O)N/N=C/c2c(Cl)cccc2Cl)c1. The summed E-state index contributed by atoms with van der Waals surface area (Å²) in [6, 6.07) is 9.11. The van der Waals surface area contributed by atoms with E-state index in [4.69, 9.17) is 27.9 Å². The number of amides is 1. The molecular formula is C18H18Cl2N2O2. The molecule has 4 nitrogen and oxygen atoms in total. The molecule has 2 aromatic rings. The van der Waals surface area contributed by atoms with E-state index in [-0.39, 0.29) is 12.5 Å². The first-order valence-corrected chi connectivity index (χ1v) is 8.10. The number of hydrogen-bond donors (Lipinski definition) is 1. The van der Waals surface area contributed by atoms with Crippen LogP contribution in [0, 0.1) is 20.8 Å². The third-order valence-corrected chi connectivity index (χ3v) is 4.16. The molecule has 0 aromatic heterocycles. The van der Waals surface area contributed by atoms with Gasteiger partial charge in [0, 0.05) is 5.56 Å². The summed E-state index contributed by atoms with van der Waals surface area (Å²) in [6.07, 6.45) is 1.41. The highest BCUT2D eigenvalue weighted by molar-refractivity contribution is 6.38. The topological polar surface area (TPSA) is 50.7 Å². The molecule has 0 radical (unpaired) electrons. The highest BCUT2D eigenvalue weighted by Gasteiger charge is 2.07. The van der Waals surface area contributed by atoms with Crippen molar-refractivity contribution in [1.29, 1.82) is 0 Å². The molecule has 0 fully saturated rings. The van der Waals surface area contributed by atoms with Gasteiger partial charge in [-0.15, -0.1) is 0 Å². The summed E-state index contributed by atoms with van der Waals surface area (Å²) in [5, 5.41) is 4.78. The second-order valence-electron chi connectivity index (χ2n) is 5.42. The Kier molecular flexibility index (Phi) is 6.23. The number of aryl methyl sites for hydroxylation is 2. The van der Waals surface area contributed by atoms with Crippen molar-refractivity contribution >= 4 is 35.3 Å². The maximum Gasteiger partial charge on any atom is 0.277 e. The van der Waals surface area contributed by atoms with E-state index in [9.17, 15) is 4.79 Å². The number of nitrogens with zero attached hydrogens (tertiary/aromatic N) is 1.